The fourth-order valence-electron chi connectivity index (χ4n) is 1.58. The number of amides is 1. The molecular weight excluding hydrogens is 297 g/mol. The third-order valence-corrected chi connectivity index (χ3v) is 2.85. The van der Waals surface area contributed by atoms with Gasteiger partial charge in [0.05, 0.1) is 12.5 Å². The van der Waals surface area contributed by atoms with Gasteiger partial charge in [0.15, 0.2) is 0 Å². The van der Waals surface area contributed by atoms with Crippen molar-refractivity contribution in [2.45, 2.75) is 13.8 Å². The molecule has 1 rings (SSSR count). The summed E-state index contributed by atoms with van der Waals surface area (Å²) < 4.78 is 17.6. The van der Waals surface area contributed by atoms with E-state index in [0.29, 0.717) is 36.4 Å². The molecule has 0 saturated carbocycles. The number of carbonyl (C=O) groups is 1. The Labute approximate surface area is 130 Å². The summed E-state index contributed by atoms with van der Waals surface area (Å²) in [5.74, 6) is 0.349. The Kier molecular flexibility index (Phi) is 9.32. The first-order valence-corrected chi connectivity index (χ1v) is 6.52. The van der Waals surface area contributed by atoms with E-state index in [1.54, 1.807) is 17.0 Å². The lowest BCUT2D eigenvalue weighted by Crippen LogP contribution is -2.31. The first-order valence-electron chi connectivity index (χ1n) is 6.52. The van der Waals surface area contributed by atoms with Gasteiger partial charge in [0.1, 0.15) is 18.1 Å². The first kappa shape index (κ1) is 19.3. The number of aromatic nitrogens is 1. The van der Waals surface area contributed by atoms with Gasteiger partial charge in [-0.15, -0.1) is 12.4 Å². The number of carbonyl (C=O) groups excluding carboxylic acids is 1. The maximum absolute atomic E-state index is 12.3. The van der Waals surface area contributed by atoms with E-state index in [9.17, 15) is 9.18 Å². The molecule has 0 spiro atoms. The lowest BCUT2D eigenvalue weighted by molar-refractivity contribution is 0.0767. The fraction of sp³-hybridized carbons (Fsp3) is 0.429. The Balaban J connectivity index is 0.00000400. The number of halogens is 2. The molecule has 0 unspecified atom stereocenters. The molecule has 5 nitrogen and oxygen atoms in total. The van der Waals surface area contributed by atoms with Crippen molar-refractivity contribution in [1.29, 1.82) is 0 Å². The molecule has 7 heteroatoms. The van der Waals surface area contributed by atoms with Crippen LogP contribution in [0.5, 0.6) is 5.75 Å². The lowest BCUT2D eigenvalue weighted by Gasteiger charge is -2.17. The van der Waals surface area contributed by atoms with Crippen molar-refractivity contribution in [3.05, 3.63) is 35.9 Å². The highest BCUT2D eigenvalue weighted by Gasteiger charge is 2.13. The third kappa shape index (κ3) is 5.69. The van der Waals surface area contributed by atoms with Gasteiger partial charge in [0.25, 0.3) is 5.91 Å². The summed E-state index contributed by atoms with van der Waals surface area (Å²) in [6, 6.07) is 3.23. The maximum atomic E-state index is 12.3. The molecule has 0 atom stereocenters. The molecule has 0 aliphatic heterocycles. The van der Waals surface area contributed by atoms with Crippen LogP contribution in [0.1, 0.15) is 24.3 Å². The first-order chi connectivity index (χ1) is 9.65. The largest absolute Gasteiger partial charge is 0.487 e. The fourth-order valence-corrected chi connectivity index (χ4v) is 1.58. The van der Waals surface area contributed by atoms with Crippen molar-refractivity contribution in [3.63, 3.8) is 0 Å². The Morgan fingerprint density at radius 2 is 2.10 bits per heavy atom. The minimum Gasteiger partial charge on any atom is -0.487 e. The van der Waals surface area contributed by atoms with Gasteiger partial charge in [0.2, 0.25) is 0 Å². The van der Waals surface area contributed by atoms with E-state index >= 15 is 0 Å². The van der Waals surface area contributed by atoms with E-state index in [4.69, 9.17) is 10.5 Å². The second-order valence-corrected chi connectivity index (χ2v) is 4.12. The summed E-state index contributed by atoms with van der Waals surface area (Å²) in [4.78, 5) is 17.8. The Morgan fingerprint density at radius 3 is 2.52 bits per heavy atom. The molecule has 1 heterocycles. The molecule has 1 amide bonds. The van der Waals surface area contributed by atoms with Crippen LogP contribution in [0.15, 0.2) is 30.2 Å². The van der Waals surface area contributed by atoms with E-state index < -0.39 is 0 Å². The lowest BCUT2D eigenvalue weighted by atomic mass is 10.3. The van der Waals surface area contributed by atoms with Crippen molar-refractivity contribution >= 4 is 18.3 Å². The number of hydrogen-bond acceptors (Lipinski definition) is 4. The predicted octanol–water partition coefficient (Wildman–Crippen LogP) is 2.18. The van der Waals surface area contributed by atoms with Crippen LogP contribution >= 0.6 is 12.4 Å². The van der Waals surface area contributed by atoms with Crippen molar-refractivity contribution in [2.24, 2.45) is 5.73 Å². The minimum absolute atomic E-state index is 0. The van der Waals surface area contributed by atoms with Crippen LogP contribution in [-0.4, -0.2) is 42.0 Å². The topological polar surface area (TPSA) is 68.5 Å². The second-order valence-electron chi connectivity index (χ2n) is 4.12. The van der Waals surface area contributed by atoms with Gasteiger partial charge in [-0.1, -0.05) is 0 Å². The summed E-state index contributed by atoms with van der Waals surface area (Å²) >= 11 is 0. The molecule has 1 aromatic heterocycles. The van der Waals surface area contributed by atoms with Gasteiger partial charge in [-0.2, -0.15) is 0 Å². The van der Waals surface area contributed by atoms with Crippen LogP contribution in [-0.2, 0) is 0 Å². The zero-order valence-corrected chi connectivity index (χ0v) is 13.0. The normalized spacial score (nSPS) is 10.8. The quantitative estimate of drug-likeness (QED) is 0.837. The van der Waals surface area contributed by atoms with Crippen molar-refractivity contribution in [2.75, 3.05) is 26.2 Å². The molecule has 0 saturated heterocycles. The second kappa shape index (κ2) is 10.1. The standard InChI is InChI=1S/C14H20FN3O2.ClH/c1-3-18(4-2)14(19)13-6-5-12(9-17-13)20-10-11(7-15)8-16;/h5-7,9H,3-4,8,10,16H2,1-2H3;1H/b11-7+;. The van der Waals surface area contributed by atoms with E-state index in [-0.39, 0.29) is 31.5 Å². The Hall–Kier alpha value is -1.66. The van der Waals surface area contributed by atoms with Gasteiger partial charge >= 0.3 is 0 Å². The van der Waals surface area contributed by atoms with Crippen LogP contribution in [0.3, 0.4) is 0 Å². The molecule has 1 aromatic rings. The monoisotopic (exact) mass is 317 g/mol. The van der Waals surface area contributed by atoms with E-state index in [1.165, 1.54) is 6.20 Å². The van der Waals surface area contributed by atoms with E-state index in [2.05, 4.69) is 4.98 Å². The Bertz CT molecular complexity index is 462. The van der Waals surface area contributed by atoms with Gasteiger partial charge < -0.3 is 15.4 Å². The molecule has 21 heavy (non-hydrogen) atoms. The average molecular weight is 318 g/mol. The SMILES string of the molecule is CCN(CC)C(=O)c1ccc(OC/C(=C/F)CN)cn1.Cl. The molecule has 0 radical (unpaired) electrons. The van der Waals surface area contributed by atoms with E-state index in [1.807, 2.05) is 13.8 Å². The van der Waals surface area contributed by atoms with Crippen molar-refractivity contribution < 1.29 is 13.9 Å². The number of hydrogen-bond donors (Lipinski definition) is 1. The zero-order chi connectivity index (χ0) is 15.0. The van der Waals surface area contributed by atoms with Crippen molar-refractivity contribution in [1.82, 2.24) is 9.88 Å². The highest BCUT2D eigenvalue weighted by molar-refractivity contribution is 5.92. The number of nitrogens with zero attached hydrogens (tertiary/aromatic N) is 2. The van der Waals surface area contributed by atoms with Crippen LogP contribution in [0, 0.1) is 0 Å². The minimum atomic E-state index is -0.118. The number of pyridine rings is 1. The van der Waals surface area contributed by atoms with E-state index in [0.717, 1.165) is 0 Å². The third-order valence-electron chi connectivity index (χ3n) is 2.85. The Morgan fingerprint density at radius 1 is 1.43 bits per heavy atom. The average Bonchev–Trinajstić information content (AvgIpc) is 2.50. The molecule has 118 valence electrons. The molecule has 0 aliphatic carbocycles. The van der Waals surface area contributed by atoms with Crippen LogP contribution in [0.2, 0.25) is 0 Å². The predicted molar refractivity (Wildman–Crippen MR) is 82.5 cm³/mol. The highest BCUT2D eigenvalue weighted by Crippen LogP contribution is 2.12. The van der Waals surface area contributed by atoms with Gasteiger partial charge in [-0.3, -0.25) is 4.79 Å². The summed E-state index contributed by atoms with van der Waals surface area (Å²) in [7, 11) is 0. The highest BCUT2D eigenvalue weighted by atomic mass is 35.5. The zero-order valence-electron chi connectivity index (χ0n) is 12.2. The molecule has 0 aliphatic rings. The number of nitrogens with two attached hydrogens (primary N) is 1. The smallest absolute Gasteiger partial charge is 0.272 e. The summed E-state index contributed by atoms with van der Waals surface area (Å²) in [6.07, 6.45) is 1.88. The van der Waals surface area contributed by atoms with Crippen molar-refractivity contribution in [3.8, 4) is 5.75 Å². The number of rotatable bonds is 7. The molecule has 0 fully saturated rings. The van der Waals surface area contributed by atoms with Crippen LogP contribution in [0.4, 0.5) is 4.39 Å². The molecule has 0 aromatic carbocycles. The summed E-state index contributed by atoms with van der Waals surface area (Å²) in [5, 5.41) is 0. The number of ether oxygens (including phenoxy) is 1. The molecule has 2 N–H and O–H groups in total. The van der Waals surface area contributed by atoms with Crippen LogP contribution < -0.4 is 10.5 Å². The summed E-state index contributed by atoms with van der Waals surface area (Å²) in [6.45, 7) is 5.26. The molecular formula is C14H21ClFN3O2. The van der Waals surface area contributed by atoms with Crippen LogP contribution in [0.25, 0.3) is 0 Å². The van der Waals surface area contributed by atoms with Gasteiger partial charge in [-0.25, -0.2) is 9.37 Å². The van der Waals surface area contributed by atoms with Gasteiger partial charge in [-0.05, 0) is 26.0 Å². The molecule has 0 bridgehead atoms. The summed E-state index contributed by atoms with van der Waals surface area (Å²) in [5.41, 5.74) is 6.04. The maximum Gasteiger partial charge on any atom is 0.272 e. The van der Waals surface area contributed by atoms with Gasteiger partial charge in [0, 0.05) is 25.2 Å².